The van der Waals surface area contributed by atoms with E-state index in [1.807, 2.05) is 13.2 Å². The van der Waals surface area contributed by atoms with Gasteiger partial charge in [-0.15, -0.1) is 11.8 Å². The summed E-state index contributed by atoms with van der Waals surface area (Å²) in [6, 6.07) is 0. The maximum absolute atomic E-state index is 12.4. The lowest BCUT2D eigenvalue weighted by Crippen LogP contribution is -2.44. The van der Waals surface area contributed by atoms with Gasteiger partial charge in [0.05, 0.1) is 23.1 Å². The van der Waals surface area contributed by atoms with Crippen molar-refractivity contribution in [2.24, 2.45) is 17.8 Å². The van der Waals surface area contributed by atoms with Gasteiger partial charge < -0.3 is 15.2 Å². The number of hydrogen-bond donors (Lipinski definition) is 2. The molecule has 25 heavy (non-hydrogen) atoms. The number of hydrogen-bond acceptors (Lipinski definition) is 5. The first-order valence-corrected chi connectivity index (χ1v) is 10.2. The Balaban J connectivity index is 2.42. The van der Waals surface area contributed by atoms with Crippen LogP contribution in [0.5, 0.6) is 0 Å². The number of carbonyl (C=O) groups is 3. The van der Waals surface area contributed by atoms with Gasteiger partial charge >= 0.3 is 11.9 Å². The lowest BCUT2D eigenvalue weighted by Gasteiger charge is -2.28. The predicted molar refractivity (Wildman–Crippen MR) is 98.4 cm³/mol. The van der Waals surface area contributed by atoms with Crippen LogP contribution in [0.25, 0.3) is 0 Å². The lowest BCUT2D eigenvalue weighted by atomic mass is 9.79. The highest BCUT2D eigenvalue weighted by molar-refractivity contribution is 8.00. The van der Waals surface area contributed by atoms with E-state index in [4.69, 9.17) is 4.74 Å². The highest BCUT2D eigenvalue weighted by Crippen LogP contribution is 2.31. The van der Waals surface area contributed by atoms with Crippen molar-refractivity contribution >= 4 is 29.6 Å². The Bertz CT molecular complexity index is 482. The highest BCUT2D eigenvalue weighted by Gasteiger charge is 2.37. The van der Waals surface area contributed by atoms with Crippen molar-refractivity contribution in [3.63, 3.8) is 0 Å². The molecule has 2 N–H and O–H groups in total. The van der Waals surface area contributed by atoms with Crippen molar-refractivity contribution in [3.8, 4) is 0 Å². The third kappa shape index (κ3) is 6.53. The van der Waals surface area contributed by atoms with Gasteiger partial charge in [-0.05, 0) is 38.4 Å². The Morgan fingerprint density at radius 1 is 1.24 bits per heavy atom. The second-order valence-electron chi connectivity index (χ2n) is 7.29. The number of carboxylic acid groups (broad SMARTS) is 1. The molecular weight excluding hydrogens is 342 g/mol. The average molecular weight is 374 g/mol. The van der Waals surface area contributed by atoms with Crippen LogP contribution in [-0.4, -0.2) is 47.1 Å². The van der Waals surface area contributed by atoms with Crippen molar-refractivity contribution < 1.29 is 24.2 Å². The molecule has 0 aromatic heterocycles. The van der Waals surface area contributed by atoms with Crippen molar-refractivity contribution in [1.82, 2.24) is 5.32 Å². The van der Waals surface area contributed by atoms with Gasteiger partial charge in [0.2, 0.25) is 5.91 Å². The van der Waals surface area contributed by atoms with Crippen LogP contribution >= 0.6 is 11.8 Å². The zero-order chi connectivity index (χ0) is 19.0. The molecule has 0 saturated heterocycles. The summed E-state index contributed by atoms with van der Waals surface area (Å²) in [5, 5.41) is 12.0. The largest absolute Gasteiger partial charge is 0.481 e. The lowest BCUT2D eigenvalue weighted by molar-refractivity contribution is -0.159. The number of rotatable bonds is 9. The normalized spacial score (nSPS) is 22.9. The molecule has 0 heterocycles. The van der Waals surface area contributed by atoms with Crippen LogP contribution in [-0.2, 0) is 19.1 Å². The molecule has 0 aliphatic heterocycles. The number of thioether (sulfide) groups is 1. The Morgan fingerprint density at radius 3 is 2.36 bits per heavy atom. The van der Waals surface area contributed by atoms with Gasteiger partial charge in [0.1, 0.15) is 6.61 Å². The fraction of sp³-hybridized carbons (Fsp3) is 0.833. The van der Waals surface area contributed by atoms with Crippen LogP contribution in [0.1, 0.15) is 52.9 Å². The van der Waals surface area contributed by atoms with Crippen LogP contribution in [0.15, 0.2) is 0 Å². The number of amides is 1. The van der Waals surface area contributed by atoms with Crippen molar-refractivity contribution in [2.45, 2.75) is 57.6 Å². The van der Waals surface area contributed by atoms with Crippen LogP contribution in [0.2, 0.25) is 0 Å². The second-order valence-corrected chi connectivity index (χ2v) is 8.60. The predicted octanol–water partition coefficient (Wildman–Crippen LogP) is 2.70. The van der Waals surface area contributed by atoms with Crippen LogP contribution in [0.4, 0.5) is 0 Å². The van der Waals surface area contributed by atoms with Gasteiger partial charge in [-0.2, -0.15) is 0 Å². The highest BCUT2D eigenvalue weighted by atomic mass is 32.2. The molecule has 0 aromatic carbocycles. The van der Waals surface area contributed by atoms with Gasteiger partial charge in [0.25, 0.3) is 0 Å². The minimum atomic E-state index is -0.931. The number of carboxylic acids is 1. The molecule has 0 spiro atoms. The number of ether oxygens (including phenoxy) is 1. The molecule has 1 rings (SSSR count). The summed E-state index contributed by atoms with van der Waals surface area (Å²) < 4.78 is 4.71. The minimum Gasteiger partial charge on any atom is -0.481 e. The van der Waals surface area contributed by atoms with Gasteiger partial charge in [0.15, 0.2) is 0 Å². The van der Waals surface area contributed by atoms with Gasteiger partial charge in [-0.25, -0.2) is 0 Å². The molecule has 1 aliphatic rings. The summed E-state index contributed by atoms with van der Waals surface area (Å²) in [6.45, 7) is 6.38. The zero-order valence-corrected chi connectivity index (χ0v) is 16.5. The van der Waals surface area contributed by atoms with E-state index >= 15 is 0 Å². The standard InChI is InChI=1S/C18H31NO5S/c1-12(2)11-18(3,25-4)17(23)19-9-10-24-16(22)14-8-6-5-7-13(14)15(20)21/h12-14H,5-11H2,1-4H3,(H,19,23)(H,20,21). The molecule has 0 bridgehead atoms. The number of nitrogens with one attached hydrogen (secondary N) is 1. The van der Waals surface area contributed by atoms with E-state index in [0.717, 1.165) is 19.3 Å². The molecule has 1 aliphatic carbocycles. The van der Waals surface area contributed by atoms with Crippen molar-refractivity contribution in [2.75, 3.05) is 19.4 Å². The molecule has 7 heteroatoms. The summed E-state index contributed by atoms with van der Waals surface area (Å²) in [5.74, 6) is -2.28. The molecule has 144 valence electrons. The first kappa shape index (κ1) is 21.8. The topological polar surface area (TPSA) is 92.7 Å². The third-order valence-corrected chi connectivity index (χ3v) is 6.00. The maximum atomic E-state index is 12.4. The maximum Gasteiger partial charge on any atom is 0.309 e. The van der Waals surface area contributed by atoms with Crippen molar-refractivity contribution in [3.05, 3.63) is 0 Å². The molecule has 3 atom stereocenters. The van der Waals surface area contributed by atoms with E-state index in [1.165, 1.54) is 11.8 Å². The van der Waals surface area contributed by atoms with E-state index in [0.29, 0.717) is 18.8 Å². The Labute approximate surface area is 154 Å². The summed E-state index contributed by atoms with van der Waals surface area (Å²) in [5.41, 5.74) is 0. The smallest absolute Gasteiger partial charge is 0.309 e. The summed E-state index contributed by atoms with van der Waals surface area (Å²) >= 11 is 1.51. The van der Waals surface area contributed by atoms with Crippen LogP contribution in [0, 0.1) is 17.8 Å². The van der Waals surface area contributed by atoms with Crippen molar-refractivity contribution in [1.29, 1.82) is 0 Å². The van der Waals surface area contributed by atoms with E-state index < -0.39 is 28.5 Å². The number of esters is 1. The van der Waals surface area contributed by atoms with Crippen LogP contribution < -0.4 is 5.32 Å². The quantitative estimate of drug-likeness (QED) is 0.477. The molecule has 6 nitrogen and oxygen atoms in total. The van der Waals surface area contributed by atoms with Crippen LogP contribution in [0.3, 0.4) is 0 Å². The number of aliphatic carboxylic acids is 1. The zero-order valence-electron chi connectivity index (χ0n) is 15.7. The van der Waals surface area contributed by atoms with Gasteiger partial charge in [0, 0.05) is 0 Å². The van der Waals surface area contributed by atoms with E-state index in [1.54, 1.807) is 0 Å². The molecule has 0 radical (unpaired) electrons. The fourth-order valence-electron chi connectivity index (χ4n) is 3.37. The molecular formula is C18H31NO5S. The summed E-state index contributed by atoms with van der Waals surface area (Å²) in [7, 11) is 0. The summed E-state index contributed by atoms with van der Waals surface area (Å²) in [6.07, 6.45) is 5.44. The van der Waals surface area contributed by atoms with Gasteiger partial charge in [-0.3, -0.25) is 14.4 Å². The Kier molecular flexibility index (Phi) is 8.76. The summed E-state index contributed by atoms with van der Waals surface area (Å²) in [4.78, 5) is 35.8. The van der Waals surface area contributed by atoms with E-state index in [2.05, 4.69) is 19.2 Å². The molecule has 1 saturated carbocycles. The third-order valence-electron chi connectivity index (χ3n) is 4.75. The average Bonchev–Trinajstić information content (AvgIpc) is 2.57. The first-order chi connectivity index (χ1) is 11.7. The molecule has 1 fully saturated rings. The van der Waals surface area contributed by atoms with Gasteiger partial charge in [-0.1, -0.05) is 26.7 Å². The Hall–Kier alpha value is -1.24. The van der Waals surface area contributed by atoms with E-state index in [-0.39, 0.29) is 19.1 Å². The second kappa shape index (κ2) is 10.0. The first-order valence-electron chi connectivity index (χ1n) is 8.94. The molecule has 1 amide bonds. The SMILES string of the molecule is CSC(C)(CC(C)C)C(=O)NCCOC(=O)C1CCCCC1C(=O)O. The molecule has 3 unspecified atom stereocenters. The minimum absolute atomic E-state index is 0.0640. The molecule has 0 aromatic rings. The monoisotopic (exact) mass is 373 g/mol. The Morgan fingerprint density at radius 2 is 1.84 bits per heavy atom. The number of carbonyl (C=O) groups excluding carboxylic acids is 2. The fourth-order valence-corrected chi connectivity index (χ4v) is 4.12. The van der Waals surface area contributed by atoms with E-state index in [9.17, 15) is 19.5 Å².